The second-order valence-corrected chi connectivity index (χ2v) is 7.12. The molecule has 2 atom stereocenters. The Morgan fingerprint density at radius 2 is 2.05 bits per heavy atom. The van der Waals surface area contributed by atoms with Gasteiger partial charge < -0.3 is 9.88 Å². The van der Waals surface area contributed by atoms with Crippen molar-refractivity contribution in [1.29, 1.82) is 0 Å². The molecular weight excluding hydrogens is 272 g/mol. The number of fused-ring (bicyclic) bond motifs is 1. The van der Waals surface area contributed by atoms with Crippen molar-refractivity contribution in [3.8, 4) is 0 Å². The van der Waals surface area contributed by atoms with Crippen molar-refractivity contribution in [1.82, 2.24) is 4.98 Å². The highest BCUT2D eigenvalue weighted by Gasteiger charge is 2.22. The number of hydrogen-bond acceptors (Lipinski definition) is 1. The monoisotopic (exact) mass is 299 g/mol. The molecule has 1 aromatic heterocycles. The molecule has 0 aliphatic carbocycles. The lowest BCUT2D eigenvalue weighted by atomic mass is 9.98. The second-order valence-electron chi connectivity index (χ2n) is 7.12. The average Bonchev–Trinajstić information content (AvgIpc) is 2.48. The Labute approximate surface area is 132 Å². The number of quaternary nitrogens is 1. The summed E-state index contributed by atoms with van der Waals surface area (Å²) in [6.45, 7) is 11.8. The van der Waals surface area contributed by atoms with Gasteiger partial charge in [0, 0.05) is 17.0 Å². The minimum atomic E-state index is 0.222. The number of hydrogen-bond donors (Lipinski definition) is 2. The van der Waals surface area contributed by atoms with E-state index in [9.17, 15) is 4.79 Å². The van der Waals surface area contributed by atoms with Crippen LogP contribution in [0.15, 0.2) is 16.9 Å². The Bertz CT molecular complexity index is 760. The molecule has 1 aromatic carbocycles. The molecule has 3 nitrogen and oxygen atoms in total. The largest absolute Gasteiger partial charge is 0.358 e. The van der Waals surface area contributed by atoms with E-state index in [1.807, 2.05) is 13.0 Å². The van der Waals surface area contributed by atoms with Crippen LogP contribution < -0.4 is 10.3 Å². The summed E-state index contributed by atoms with van der Waals surface area (Å²) in [6.07, 6.45) is 2.61. The number of benzene rings is 1. The van der Waals surface area contributed by atoms with Crippen molar-refractivity contribution in [2.24, 2.45) is 5.92 Å². The summed E-state index contributed by atoms with van der Waals surface area (Å²) in [5, 5.41) is 0.841. The maximum absolute atomic E-state index is 12.9. The maximum atomic E-state index is 12.9. The summed E-state index contributed by atoms with van der Waals surface area (Å²) < 4.78 is 0. The first-order valence-electron chi connectivity index (χ1n) is 8.42. The van der Waals surface area contributed by atoms with E-state index >= 15 is 0 Å². The average molecular weight is 299 g/mol. The fourth-order valence-electron chi connectivity index (χ4n) is 3.78. The Balaban J connectivity index is 2.03. The number of aryl methyl sites for hydroxylation is 3. The number of nitrogens with one attached hydrogen (secondary N) is 2. The van der Waals surface area contributed by atoms with Gasteiger partial charge in [0.05, 0.1) is 24.2 Å². The molecule has 118 valence electrons. The molecule has 2 N–H and O–H groups in total. The van der Waals surface area contributed by atoms with Gasteiger partial charge >= 0.3 is 0 Å². The summed E-state index contributed by atoms with van der Waals surface area (Å²) >= 11 is 0. The molecule has 0 bridgehead atoms. The first-order valence-corrected chi connectivity index (χ1v) is 8.42. The van der Waals surface area contributed by atoms with Crippen molar-refractivity contribution in [3.63, 3.8) is 0 Å². The molecule has 1 fully saturated rings. The number of aromatic nitrogens is 1. The highest BCUT2D eigenvalue weighted by Crippen LogP contribution is 2.18. The summed E-state index contributed by atoms with van der Waals surface area (Å²) in [7, 11) is 0. The third-order valence-electron chi connectivity index (χ3n) is 5.31. The molecular formula is C19H27N2O+. The fourth-order valence-corrected chi connectivity index (χ4v) is 3.78. The lowest BCUT2D eigenvalue weighted by Crippen LogP contribution is -3.12. The number of H-pyrrole nitrogens is 1. The van der Waals surface area contributed by atoms with Gasteiger partial charge in [-0.3, -0.25) is 4.79 Å². The number of aromatic amines is 1. The van der Waals surface area contributed by atoms with E-state index in [0.717, 1.165) is 34.6 Å². The third-order valence-corrected chi connectivity index (χ3v) is 5.31. The van der Waals surface area contributed by atoms with E-state index in [1.54, 1.807) is 4.90 Å². The second kappa shape index (κ2) is 5.88. The molecule has 3 heteroatoms. The highest BCUT2D eigenvalue weighted by atomic mass is 16.1. The zero-order valence-electron chi connectivity index (χ0n) is 14.2. The number of pyridine rings is 1. The first kappa shape index (κ1) is 15.3. The minimum Gasteiger partial charge on any atom is -0.358 e. The molecule has 1 aliphatic rings. The molecule has 3 rings (SSSR count). The van der Waals surface area contributed by atoms with Crippen molar-refractivity contribution in [2.45, 2.75) is 47.1 Å². The van der Waals surface area contributed by atoms with Crippen LogP contribution in [0.4, 0.5) is 0 Å². The van der Waals surface area contributed by atoms with Gasteiger partial charge in [-0.05, 0) is 50.8 Å². The van der Waals surface area contributed by atoms with Crippen LogP contribution in [0.3, 0.4) is 0 Å². The Morgan fingerprint density at radius 1 is 1.27 bits per heavy atom. The molecule has 0 saturated carbocycles. The normalized spacial score (nSPS) is 22.2. The molecule has 2 aromatic rings. The van der Waals surface area contributed by atoms with E-state index in [-0.39, 0.29) is 5.43 Å². The van der Waals surface area contributed by atoms with E-state index in [2.05, 4.69) is 31.8 Å². The summed E-state index contributed by atoms with van der Waals surface area (Å²) in [5.41, 5.74) is 5.65. The number of piperidine rings is 1. The number of likely N-dealkylation sites (tertiary alicyclic amines) is 1. The van der Waals surface area contributed by atoms with Gasteiger partial charge in [0.1, 0.15) is 6.54 Å². The molecule has 2 unspecified atom stereocenters. The van der Waals surface area contributed by atoms with Crippen LogP contribution in [0.25, 0.3) is 10.9 Å². The van der Waals surface area contributed by atoms with Crippen LogP contribution in [0.1, 0.15) is 42.1 Å². The first-order chi connectivity index (χ1) is 10.5. The standard InChI is InChI=1S/C19H26N2O/c1-12-6-5-9-21(10-12)11-17-15(4)20-18-14(3)13(2)7-8-16(18)19(17)22/h7-8,12H,5-6,9-11H2,1-4H3,(H,20,22)/p+1. The van der Waals surface area contributed by atoms with Crippen LogP contribution in [0.5, 0.6) is 0 Å². The summed E-state index contributed by atoms with van der Waals surface area (Å²) in [6, 6.07) is 4.04. The SMILES string of the molecule is Cc1ccc2c(=O)c(C[NH+]3CCCC(C)C3)c(C)[nH]c2c1C. The third kappa shape index (κ3) is 2.70. The molecule has 22 heavy (non-hydrogen) atoms. The molecule has 0 spiro atoms. The van der Waals surface area contributed by atoms with E-state index in [1.165, 1.54) is 37.1 Å². The van der Waals surface area contributed by atoms with Gasteiger partial charge in [0.2, 0.25) is 0 Å². The van der Waals surface area contributed by atoms with Crippen molar-refractivity contribution in [2.75, 3.05) is 13.1 Å². The quantitative estimate of drug-likeness (QED) is 0.877. The molecule has 2 heterocycles. The van der Waals surface area contributed by atoms with Crippen LogP contribution >= 0.6 is 0 Å². The van der Waals surface area contributed by atoms with E-state index in [4.69, 9.17) is 0 Å². The molecule has 0 radical (unpaired) electrons. The summed E-state index contributed by atoms with van der Waals surface area (Å²) in [4.78, 5) is 18.0. The molecule has 0 amide bonds. The van der Waals surface area contributed by atoms with E-state index < -0.39 is 0 Å². The van der Waals surface area contributed by atoms with Crippen molar-refractivity contribution in [3.05, 3.63) is 44.7 Å². The minimum absolute atomic E-state index is 0.222. The maximum Gasteiger partial charge on any atom is 0.198 e. The number of rotatable bonds is 2. The Hall–Kier alpha value is -1.61. The topological polar surface area (TPSA) is 37.3 Å². The predicted molar refractivity (Wildman–Crippen MR) is 91.6 cm³/mol. The van der Waals surface area contributed by atoms with Gasteiger partial charge in [-0.1, -0.05) is 13.0 Å². The summed E-state index contributed by atoms with van der Waals surface area (Å²) in [5.74, 6) is 0.772. The van der Waals surface area contributed by atoms with Crippen LogP contribution in [-0.4, -0.2) is 18.1 Å². The smallest absolute Gasteiger partial charge is 0.198 e. The van der Waals surface area contributed by atoms with Gasteiger partial charge in [-0.15, -0.1) is 0 Å². The molecule has 1 saturated heterocycles. The Morgan fingerprint density at radius 3 is 2.77 bits per heavy atom. The fraction of sp³-hybridized carbons (Fsp3) is 0.526. The van der Waals surface area contributed by atoms with Crippen molar-refractivity contribution >= 4 is 10.9 Å². The molecule has 1 aliphatic heterocycles. The van der Waals surface area contributed by atoms with Gasteiger partial charge in [-0.25, -0.2) is 0 Å². The highest BCUT2D eigenvalue weighted by molar-refractivity contribution is 5.83. The van der Waals surface area contributed by atoms with Crippen molar-refractivity contribution < 1.29 is 4.90 Å². The predicted octanol–water partition coefficient (Wildman–Crippen LogP) is 2.27. The lowest BCUT2D eigenvalue weighted by Gasteiger charge is -2.28. The zero-order chi connectivity index (χ0) is 15.9. The van der Waals surface area contributed by atoms with Crippen LogP contribution in [0.2, 0.25) is 0 Å². The van der Waals surface area contributed by atoms with Crippen LogP contribution in [0, 0.1) is 26.7 Å². The van der Waals surface area contributed by atoms with Gasteiger partial charge in [0.15, 0.2) is 5.43 Å². The Kier molecular flexibility index (Phi) is 4.09. The van der Waals surface area contributed by atoms with Gasteiger partial charge in [0.25, 0.3) is 0 Å². The van der Waals surface area contributed by atoms with Crippen LogP contribution in [-0.2, 0) is 6.54 Å². The van der Waals surface area contributed by atoms with Gasteiger partial charge in [-0.2, -0.15) is 0 Å². The van der Waals surface area contributed by atoms with E-state index in [0.29, 0.717) is 0 Å². The zero-order valence-corrected chi connectivity index (χ0v) is 14.2. The lowest BCUT2D eigenvalue weighted by molar-refractivity contribution is -0.922.